The number of carbonyl (C=O) groups excluding carboxylic acids is 1. The first-order valence-corrected chi connectivity index (χ1v) is 5.88. The maximum Gasteiger partial charge on any atom is 0.168 e. The number of likely N-dealkylation sites (tertiary alicyclic amines) is 1. The topological polar surface area (TPSA) is 38.1 Å². The summed E-state index contributed by atoms with van der Waals surface area (Å²) >= 11 is 0. The summed E-state index contributed by atoms with van der Waals surface area (Å²) in [6, 6.07) is 2.84. The van der Waals surface area contributed by atoms with Crippen LogP contribution < -0.4 is 0 Å². The van der Waals surface area contributed by atoms with Crippen molar-refractivity contribution in [3.05, 3.63) is 17.5 Å². The van der Waals surface area contributed by atoms with Crippen molar-refractivity contribution >= 4 is 6.29 Å². The second-order valence-electron chi connectivity index (χ2n) is 4.73. The number of aryl methyl sites for hydroxylation is 1. The van der Waals surface area contributed by atoms with E-state index in [9.17, 15) is 4.79 Å². The van der Waals surface area contributed by atoms with E-state index < -0.39 is 0 Å². The zero-order valence-corrected chi connectivity index (χ0v) is 10.2. The summed E-state index contributed by atoms with van der Waals surface area (Å²) in [5, 5.41) is 4.44. The molecular formula is C12H19N3O. The third kappa shape index (κ3) is 1.89. The van der Waals surface area contributed by atoms with Crippen molar-refractivity contribution in [2.45, 2.75) is 38.8 Å². The molecule has 1 aliphatic rings. The molecule has 0 aromatic carbocycles. The molecule has 1 aromatic heterocycles. The fourth-order valence-electron chi connectivity index (χ4n) is 2.50. The van der Waals surface area contributed by atoms with Crippen LogP contribution in [0.25, 0.3) is 0 Å². The Balaban J connectivity index is 2.25. The monoisotopic (exact) mass is 221 g/mol. The summed E-state index contributed by atoms with van der Waals surface area (Å²) in [6.45, 7) is 5.55. The van der Waals surface area contributed by atoms with Gasteiger partial charge in [0, 0.05) is 13.1 Å². The lowest BCUT2D eigenvalue weighted by Gasteiger charge is -2.26. The molecule has 1 aromatic rings. The van der Waals surface area contributed by atoms with Crippen LogP contribution in [0, 0.1) is 0 Å². The standard InChI is InChI=1S/C12H19N3O/c1-9(2)15-6-4-5-12(15)11-7-10(8-16)14(3)13-11/h7-9,12H,4-6H2,1-3H3. The molecule has 2 rings (SSSR count). The number of nitrogens with zero attached hydrogens (tertiary/aromatic N) is 3. The van der Waals surface area contributed by atoms with Crippen LogP contribution in [0.5, 0.6) is 0 Å². The van der Waals surface area contributed by atoms with Gasteiger partial charge in [-0.1, -0.05) is 0 Å². The van der Waals surface area contributed by atoms with Crippen LogP contribution in [0.3, 0.4) is 0 Å². The van der Waals surface area contributed by atoms with E-state index in [0.29, 0.717) is 17.8 Å². The first kappa shape index (κ1) is 11.3. The second-order valence-corrected chi connectivity index (χ2v) is 4.73. The number of hydrogen-bond donors (Lipinski definition) is 0. The van der Waals surface area contributed by atoms with Gasteiger partial charge >= 0.3 is 0 Å². The zero-order valence-electron chi connectivity index (χ0n) is 10.2. The van der Waals surface area contributed by atoms with Gasteiger partial charge in [-0.05, 0) is 39.3 Å². The maximum absolute atomic E-state index is 10.8. The van der Waals surface area contributed by atoms with E-state index in [-0.39, 0.29) is 0 Å². The van der Waals surface area contributed by atoms with Gasteiger partial charge in [-0.25, -0.2) is 0 Å². The van der Waals surface area contributed by atoms with Crippen molar-refractivity contribution < 1.29 is 4.79 Å². The van der Waals surface area contributed by atoms with Crippen LogP contribution in [0.15, 0.2) is 6.07 Å². The summed E-state index contributed by atoms with van der Waals surface area (Å²) in [7, 11) is 1.82. The summed E-state index contributed by atoms with van der Waals surface area (Å²) in [4.78, 5) is 13.3. The molecule has 1 fully saturated rings. The smallest absolute Gasteiger partial charge is 0.168 e. The lowest BCUT2D eigenvalue weighted by molar-refractivity contribution is 0.111. The van der Waals surface area contributed by atoms with Crippen molar-refractivity contribution in [2.24, 2.45) is 7.05 Å². The molecule has 1 saturated heterocycles. The molecule has 88 valence electrons. The Morgan fingerprint density at radius 1 is 1.56 bits per heavy atom. The van der Waals surface area contributed by atoms with Crippen LogP contribution in [0.4, 0.5) is 0 Å². The minimum Gasteiger partial charge on any atom is -0.296 e. The van der Waals surface area contributed by atoms with E-state index in [1.54, 1.807) is 4.68 Å². The Bertz CT molecular complexity index is 384. The van der Waals surface area contributed by atoms with Crippen LogP contribution in [0.2, 0.25) is 0 Å². The van der Waals surface area contributed by atoms with Gasteiger partial charge in [0.15, 0.2) is 6.29 Å². The van der Waals surface area contributed by atoms with Crippen molar-refractivity contribution in [1.29, 1.82) is 0 Å². The second kappa shape index (κ2) is 4.37. The molecule has 1 aliphatic heterocycles. The summed E-state index contributed by atoms with van der Waals surface area (Å²) in [5.74, 6) is 0. The number of carbonyl (C=O) groups is 1. The summed E-state index contributed by atoms with van der Waals surface area (Å²) < 4.78 is 1.67. The summed E-state index contributed by atoms with van der Waals surface area (Å²) in [5.41, 5.74) is 1.70. The van der Waals surface area contributed by atoms with Gasteiger partial charge in [0.1, 0.15) is 5.69 Å². The van der Waals surface area contributed by atoms with E-state index in [1.807, 2.05) is 13.1 Å². The lowest BCUT2D eigenvalue weighted by atomic mass is 10.1. The SMILES string of the molecule is CC(C)N1CCCC1c1cc(C=O)n(C)n1. The highest BCUT2D eigenvalue weighted by atomic mass is 16.1. The molecule has 0 amide bonds. The van der Waals surface area contributed by atoms with Gasteiger partial charge < -0.3 is 0 Å². The molecular weight excluding hydrogens is 202 g/mol. The van der Waals surface area contributed by atoms with Crippen molar-refractivity contribution in [2.75, 3.05) is 6.54 Å². The van der Waals surface area contributed by atoms with Gasteiger partial charge in [0.05, 0.1) is 11.7 Å². The van der Waals surface area contributed by atoms with Gasteiger partial charge in [0.25, 0.3) is 0 Å². The molecule has 1 unspecified atom stereocenters. The summed E-state index contributed by atoms with van der Waals surface area (Å²) in [6.07, 6.45) is 3.23. The molecule has 4 nitrogen and oxygen atoms in total. The predicted molar refractivity (Wildman–Crippen MR) is 62.4 cm³/mol. The normalized spacial score (nSPS) is 21.9. The third-order valence-corrected chi connectivity index (χ3v) is 3.35. The van der Waals surface area contributed by atoms with Crippen molar-refractivity contribution in [1.82, 2.24) is 14.7 Å². The van der Waals surface area contributed by atoms with Gasteiger partial charge in [-0.3, -0.25) is 14.4 Å². The fourth-order valence-corrected chi connectivity index (χ4v) is 2.50. The average Bonchev–Trinajstić information content (AvgIpc) is 2.82. The fraction of sp³-hybridized carbons (Fsp3) is 0.667. The number of rotatable bonds is 3. The van der Waals surface area contributed by atoms with Crippen LogP contribution in [-0.4, -0.2) is 33.6 Å². The van der Waals surface area contributed by atoms with E-state index in [1.165, 1.54) is 6.42 Å². The quantitative estimate of drug-likeness (QED) is 0.730. The molecule has 1 atom stereocenters. The molecule has 0 saturated carbocycles. The Hall–Kier alpha value is -1.16. The molecule has 0 N–H and O–H groups in total. The number of aromatic nitrogens is 2. The Kier molecular flexibility index (Phi) is 3.10. The van der Waals surface area contributed by atoms with Crippen LogP contribution >= 0.6 is 0 Å². The van der Waals surface area contributed by atoms with E-state index >= 15 is 0 Å². The molecule has 0 radical (unpaired) electrons. The molecule has 0 aliphatic carbocycles. The highest BCUT2D eigenvalue weighted by molar-refractivity contribution is 5.72. The van der Waals surface area contributed by atoms with E-state index in [4.69, 9.17) is 0 Å². The Labute approximate surface area is 96.2 Å². The zero-order chi connectivity index (χ0) is 11.7. The predicted octanol–water partition coefficient (Wildman–Crippen LogP) is 1.78. The highest BCUT2D eigenvalue weighted by Gasteiger charge is 2.29. The van der Waals surface area contributed by atoms with Crippen LogP contribution in [-0.2, 0) is 7.05 Å². The number of hydrogen-bond acceptors (Lipinski definition) is 3. The molecule has 2 heterocycles. The van der Waals surface area contributed by atoms with Crippen molar-refractivity contribution in [3.63, 3.8) is 0 Å². The molecule has 0 bridgehead atoms. The third-order valence-electron chi connectivity index (χ3n) is 3.35. The minimum absolute atomic E-state index is 0.389. The van der Waals surface area contributed by atoms with Gasteiger partial charge in [0.2, 0.25) is 0 Å². The largest absolute Gasteiger partial charge is 0.296 e. The van der Waals surface area contributed by atoms with E-state index in [2.05, 4.69) is 23.8 Å². The molecule has 16 heavy (non-hydrogen) atoms. The average molecular weight is 221 g/mol. The minimum atomic E-state index is 0.389. The highest BCUT2D eigenvalue weighted by Crippen LogP contribution is 2.32. The van der Waals surface area contributed by atoms with Crippen molar-refractivity contribution in [3.8, 4) is 0 Å². The lowest BCUT2D eigenvalue weighted by Crippen LogP contribution is -2.30. The molecule has 0 spiro atoms. The Morgan fingerprint density at radius 3 is 2.88 bits per heavy atom. The Morgan fingerprint density at radius 2 is 2.31 bits per heavy atom. The van der Waals surface area contributed by atoms with Gasteiger partial charge in [-0.2, -0.15) is 5.10 Å². The van der Waals surface area contributed by atoms with Crippen LogP contribution in [0.1, 0.15) is 48.9 Å². The maximum atomic E-state index is 10.8. The first-order valence-electron chi connectivity index (χ1n) is 5.88. The molecule has 4 heteroatoms. The number of aldehydes is 1. The van der Waals surface area contributed by atoms with E-state index in [0.717, 1.165) is 24.9 Å². The van der Waals surface area contributed by atoms with Gasteiger partial charge in [-0.15, -0.1) is 0 Å². The first-order chi connectivity index (χ1) is 7.63.